The summed E-state index contributed by atoms with van der Waals surface area (Å²) < 4.78 is 58.8. The number of piperidine rings is 2. The number of amides is 2. The molecule has 9 nitrogen and oxygen atoms in total. The second-order valence-corrected chi connectivity index (χ2v) is 15.6. The van der Waals surface area contributed by atoms with E-state index in [-0.39, 0.29) is 42.6 Å². The fourth-order valence-corrected chi connectivity index (χ4v) is 8.41. The Kier molecular flexibility index (Phi) is 12.6. The lowest BCUT2D eigenvalue weighted by Gasteiger charge is -2.45. The van der Waals surface area contributed by atoms with E-state index in [0.29, 0.717) is 27.1 Å². The molecule has 6 rings (SSSR count). The molecule has 1 aliphatic carbocycles. The summed E-state index contributed by atoms with van der Waals surface area (Å²) in [5, 5.41) is 15.4. The fourth-order valence-electron chi connectivity index (χ4n) is 8.08. The molecule has 1 saturated carbocycles. The molecule has 2 atom stereocenters. The molecule has 3 heterocycles. The molecule has 14 heteroatoms. The number of hydrogen-bond acceptors (Lipinski definition) is 5. The van der Waals surface area contributed by atoms with Gasteiger partial charge in [0.25, 0.3) is 11.5 Å². The molecular formula is C40H47ClF4N4O5. The smallest absolute Gasteiger partial charge is 0.431 e. The average Bonchev–Trinajstić information content (AvgIpc) is 3.07. The minimum Gasteiger partial charge on any atom is -0.481 e. The van der Waals surface area contributed by atoms with Crippen LogP contribution in [0, 0.1) is 38.4 Å². The summed E-state index contributed by atoms with van der Waals surface area (Å²) >= 11 is 6.23. The molecule has 3 aliphatic rings. The Bertz CT molecular complexity index is 1950. The third-order valence-corrected chi connectivity index (χ3v) is 10.8. The SMILES string of the molecule is Cc1cc(-c2c(C)cc(Cl)cc2C)cc([C@H](CC(=O)O)NC(=O)[C@H](CC(C)C)NC(=O)c2ccc(C(F)(F)F)n(CCN3CC4CCC3CC4)c2=O)c1F. The quantitative estimate of drug-likeness (QED) is 0.154. The maximum atomic E-state index is 15.8. The molecule has 2 saturated heterocycles. The van der Waals surface area contributed by atoms with E-state index in [4.69, 9.17) is 11.6 Å². The molecule has 54 heavy (non-hydrogen) atoms. The molecule has 3 fully saturated rings. The molecule has 3 aromatic rings. The number of nitrogens with zero attached hydrogens (tertiary/aromatic N) is 2. The van der Waals surface area contributed by atoms with Gasteiger partial charge in [0.1, 0.15) is 23.1 Å². The number of alkyl halides is 3. The summed E-state index contributed by atoms with van der Waals surface area (Å²) in [4.78, 5) is 55.3. The Morgan fingerprint density at radius 3 is 2.15 bits per heavy atom. The maximum absolute atomic E-state index is 15.8. The highest BCUT2D eigenvalue weighted by Crippen LogP contribution is 2.36. The van der Waals surface area contributed by atoms with Crippen LogP contribution in [0.1, 0.15) is 96.7 Å². The van der Waals surface area contributed by atoms with E-state index in [9.17, 15) is 37.5 Å². The van der Waals surface area contributed by atoms with Crippen molar-refractivity contribution in [2.24, 2.45) is 11.8 Å². The zero-order chi connectivity index (χ0) is 39.6. The standard InChI is InChI=1S/C40H47ClF4N4O5/c1-21(2)14-32(38(53)46-31(19-34(50)51)30-18-26(15-24(5)36(30)42)35-22(3)16-27(41)17-23(35)4)47-37(52)29-10-11-33(40(43,44)45)49(39(29)54)13-12-48-20-25-6-8-28(48)9-7-25/h10-11,15-18,21,25,28,31-32H,6-9,12-14,19-20H2,1-5H3,(H,46,53)(H,47,52)(H,50,51)/t25?,28?,31-,32-/m0/s1. The molecule has 2 amide bonds. The molecule has 0 unspecified atom stereocenters. The van der Waals surface area contributed by atoms with E-state index < -0.39 is 65.1 Å². The van der Waals surface area contributed by atoms with Crippen LogP contribution in [0.4, 0.5) is 17.6 Å². The second-order valence-electron chi connectivity index (χ2n) is 15.2. The second kappa shape index (κ2) is 16.6. The van der Waals surface area contributed by atoms with Crippen LogP contribution in [0.5, 0.6) is 0 Å². The summed E-state index contributed by atoms with van der Waals surface area (Å²) in [6.07, 6.45) is -1.46. The predicted molar refractivity (Wildman–Crippen MR) is 198 cm³/mol. The Balaban J connectivity index is 1.43. The van der Waals surface area contributed by atoms with Gasteiger partial charge in [-0.25, -0.2) is 4.39 Å². The van der Waals surface area contributed by atoms with Crippen molar-refractivity contribution in [1.29, 1.82) is 0 Å². The number of hydrogen-bond donors (Lipinski definition) is 3. The minimum absolute atomic E-state index is 0.0222. The van der Waals surface area contributed by atoms with E-state index in [1.54, 1.807) is 32.0 Å². The van der Waals surface area contributed by atoms with Gasteiger partial charge in [0.15, 0.2) is 0 Å². The number of rotatable bonds is 13. The highest BCUT2D eigenvalue weighted by Gasteiger charge is 2.38. The lowest BCUT2D eigenvalue weighted by molar-refractivity contribution is -0.144. The molecule has 2 bridgehead atoms. The first-order valence-electron chi connectivity index (χ1n) is 18.3. The Hall–Kier alpha value is -4.23. The maximum Gasteiger partial charge on any atom is 0.431 e. The Morgan fingerprint density at radius 1 is 0.944 bits per heavy atom. The number of fused-ring (bicyclic) bond motifs is 3. The van der Waals surface area contributed by atoms with E-state index in [1.165, 1.54) is 13.0 Å². The van der Waals surface area contributed by atoms with Crippen molar-refractivity contribution in [3.05, 3.63) is 91.1 Å². The molecule has 1 aromatic heterocycles. The fraction of sp³-hybridized carbons (Fsp3) is 0.500. The Morgan fingerprint density at radius 2 is 1.59 bits per heavy atom. The number of nitrogens with one attached hydrogen (secondary N) is 2. The van der Waals surface area contributed by atoms with Crippen molar-refractivity contribution in [1.82, 2.24) is 20.1 Å². The first kappa shape index (κ1) is 40.9. The zero-order valence-electron chi connectivity index (χ0n) is 31.1. The topological polar surface area (TPSA) is 121 Å². The van der Waals surface area contributed by atoms with Crippen molar-refractivity contribution in [3.8, 4) is 11.1 Å². The van der Waals surface area contributed by atoms with E-state index in [0.717, 1.165) is 55.0 Å². The van der Waals surface area contributed by atoms with Gasteiger partial charge >= 0.3 is 12.1 Å². The molecule has 2 aromatic carbocycles. The number of aryl methyl sites for hydroxylation is 3. The number of halogens is 5. The van der Waals surface area contributed by atoms with Crippen LogP contribution < -0.4 is 16.2 Å². The highest BCUT2D eigenvalue weighted by atomic mass is 35.5. The van der Waals surface area contributed by atoms with Gasteiger partial charge in [-0.3, -0.25) is 24.1 Å². The van der Waals surface area contributed by atoms with E-state index in [1.807, 2.05) is 13.8 Å². The average molecular weight is 775 g/mol. The van der Waals surface area contributed by atoms with E-state index >= 15 is 4.39 Å². The summed E-state index contributed by atoms with van der Waals surface area (Å²) in [5.41, 5.74) is 0.179. The number of carboxylic acid groups (broad SMARTS) is 1. The first-order valence-corrected chi connectivity index (χ1v) is 18.7. The zero-order valence-corrected chi connectivity index (χ0v) is 31.8. The molecule has 2 aliphatic heterocycles. The van der Waals surface area contributed by atoms with Crippen LogP contribution >= 0.6 is 11.6 Å². The lowest BCUT2D eigenvalue weighted by atomic mass is 9.80. The van der Waals surface area contributed by atoms with Gasteiger partial charge in [-0.15, -0.1) is 0 Å². The van der Waals surface area contributed by atoms with Gasteiger partial charge in [0, 0.05) is 36.3 Å². The van der Waals surface area contributed by atoms with Gasteiger partial charge in [-0.1, -0.05) is 25.4 Å². The van der Waals surface area contributed by atoms with Crippen LogP contribution in [-0.4, -0.2) is 57.5 Å². The largest absolute Gasteiger partial charge is 0.481 e. The molecule has 292 valence electrons. The number of benzene rings is 2. The number of pyridine rings is 1. The van der Waals surface area contributed by atoms with Crippen molar-refractivity contribution in [2.45, 2.75) is 104 Å². The monoisotopic (exact) mass is 774 g/mol. The number of carbonyl (C=O) groups is 3. The van der Waals surface area contributed by atoms with Crippen LogP contribution in [0.15, 0.2) is 41.2 Å². The third kappa shape index (κ3) is 9.34. The van der Waals surface area contributed by atoms with Crippen LogP contribution in [0.3, 0.4) is 0 Å². The van der Waals surface area contributed by atoms with Gasteiger partial charge in [0.05, 0.1) is 12.5 Å². The normalized spacial score (nSPS) is 18.4. The van der Waals surface area contributed by atoms with E-state index in [2.05, 4.69) is 15.5 Å². The van der Waals surface area contributed by atoms with Gasteiger partial charge in [-0.05, 0) is 129 Å². The predicted octanol–water partition coefficient (Wildman–Crippen LogP) is 7.60. The van der Waals surface area contributed by atoms with Crippen LogP contribution in [0.25, 0.3) is 11.1 Å². The van der Waals surface area contributed by atoms with Crippen LogP contribution in [-0.2, 0) is 22.3 Å². The number of aliphatic carboxylic acids is 1. The van der Waals surface area contributed by atoms with Gasteiger partial charge in [0.2, 0.25) is 5.91 Å². The summed E-state index contributed by atoms with van der Waals surface area (Å²) in [5.74, 6) is -3.69. The summed E-state index contributed by atoms with van der Waals surface area (Å²) in [7, 11) is 0. The molecule has 3 N–H and O–H groups in total. The summed E-state index contributed by atoms with van der Waals surface area (Å²) in [6, 6.07) is 5.64. The van der Waals surface area contributed by atoms with Crippen molar-refractivity contribution in [2.75, 3.05) is 13.1 Å². The van der Waals surface area contributed by atoms with Gasteiger partial charge < -0.3 is 20.3 Å². The Labute approximate surface area is 317 Å². The first-order chi connectivity index (χ1) is 25.3. The number of carboxylic acids is 1. The third-order valence-electron chi connectivity index (χ3n) is 10.6. The summed E-state index contributed by atoms with van der Waals surface area (Å²) in [6.45, 7) is 9.43. The number of carbonyl (C=O) groups excluding carboxylic acids is 2. The molecular weight excluding hydrogens is 728 g/mol. The minimum atomic E-state index is -4.86. The van der Waals surface area contributed by atoms with Crippen LogP contribution in [0.2, 0.25) is 5.02 Å². The number of aromatic nitrogens is 1. The highest BCUT2D eigenvalue weighted by molar-refractivity contribution is 6.30. The van der Waals surface area contributed by atoms with Crippen molar-refractivity contribution >= 4 is 29.4 Å². The van der Waals surface area contributed by atoms with Crippen molar-refractivity contribution in [3.63, 3.8) is 0 Å². The molecule has 0 spiro atoms. The lowest BCUT2D eigenvalue weighted by Crippen LogP contribution is -2.50. The van der Waals surface area contributed by atoms with Crippen molar-refractivity contribution < 1.29 is 37.1 Å². The molecule has 0 radical (unpaired) electrons. The van der Waals surface area contributed by atoms with Gasteiger partial charge in [-0.2, -0.15) is 13.2 Å².